The van der Waals surface area contributed by atoms with E-state index in [4.69, 9.17) is 16.3 Å². The van der Waals surface area contributed by atoms with Gasteiger partial charge in [-0.15, -0.1) is 11.8 Å². The van der Waals surface area contributed by atoms with Crippen LogP contribution in [0.25, 0.3) is 0 Å². The number of carbonyl (C=O) groups is 2. The summed E-state index contributed by atoms with van der Waals surface area (Å²) in [5, 5.41) is 1.25. The number of carbonyl (C=O) groups excluding carboxylic acids is 2. The van der Waals surface area contributed by atoms with Crippen LogP contribution < -0.4 is 14.5 Å². The summed E-state index contributed by atoms with van der Waals surface area (Å²) in [5.74, 6) is -2.38. The summed E-state index contributed by atoms with van der Waals surface area (Å²) >= 11 is 12.5. The number of thioether (sulfide) groups is 1. The highest BCUT2D eigenvalue weighted by Crippen LogP contribution is 2.69. The molecule has 7 atom stereocenters. The van der Waals surface area contributed by atoms with E-state index in [-0.39, 0.29) is 46.1 Å². The second kappa shape index (κ2) is 11.0. The van der Waals surface area contributed by atoms with Gasteiger partial charge in [-0.25, -0.2) is 0 Å². The SMILES string of the molecule is O=C1[C@H]2[C@H]3C[C@@H]([C@@H]2C(=O)N1c1cccc(C(F)(F)F)c1)[C@H]1[C@H](c2cc(Br)ccc2OCc2cccc(Cl)c2)c2sc(=O)[nH]c2S[C@H]31. The van der Waals surface area contributed by atoms with E-state index >= 15 is 0 Å². The van der Waals surface area contributed by atoms with Crippen LogP contribution in [0.1, 0.15) is 33.9 Å². The Labute approximate surface area is 282 Å². The Morgan fingerprint density at radius 1 is 0.978 bits per heavy atom. The molecule has 236 valence electrons. The summed E-state index contributed by atoms with van der Waals surface area (Å²) in [7, 11) is 0. The fourth-order valence-electron chi connectivity index (χ4n) is 8.12. The van der Waals surface area contributed by atoms with Crippen molar-refractivity contribution in [3.8, 4) is 5.75 Å². The zero-order chi connectivity index (χ0) is 32.1. The molecule has 3 fully saturated rings. The minimum absolute atomic E-state index is 0.0575. The van der Waals surface area contributed by atoms with Gasteiger partial charge in [0.05, 0.1) is 28.1 Å². The topological polar surface area (TPSA) is 79.5 Å². The van der Waals surface area contributed by atoms with E-state index in [1.165, 1.54) is 12.1 Å². The molecule has 2 aliphatic heterocycles. The quantitative estimate of drug-likeness (QED) is 0.209. The second-order valence-electron chi connectivity index (χ2n) is 12.1. The summed E-state index contributed by atoms with van der Waals surface area (Å²) in [6.45, 7) is 0.261. The van der Waals surface area contributed by atoms with E-state index in [9.17, 15) is 27.6 Å². The van der Waals surface area contributed by atoms with Gasteiger partial charge in [-0.1, -0.05) is 57.1 Å². The highest BCUT2D eigenvalue weighted by atomic mass is 79.9. The average molecular weight is 748 g/mol. The second-order valence-corrected chi connectivity index (χ2v) is 15.7. The number of alkyl halides is 3. The maximum absolute atomic E-state index is 14.0. The summed E-state index contributed by atoms with van der Waals surface area (Å²) in [6, 6.07) is 17.5. The first kappa shape index (κ1) is 30.3. The number of fused-ring (bicyclic) bond motifs is 9. The van der Waals surface area contributed by atoms with E-state index in [0.717, 1.165) is 53.9 Å². The standard InChI is InChI=1S/C33H23BrClF3N2O4S2/c34-16-7-8-22(44-13-14-3-1-5-17(35)9-14)19(11-16)23-24-20-12-21(27(24)45-29-28(23)46-32(43)39-29)26-25(20)30(41)40(31(26)42)18-6-2-4-15(10-18)33(36,37)38/h1-11,20-21,23-27H,12-13H2,(H,39,43)/t20-,21-,23+,24+,25+,26+,27-/m1/s1. The first-order chi connectivity index (χ1) is 22.0. The summed E-state index contributed by atoms with van der Waals surface area (Å²) in [6.07, 6.45) is -3.96. The predicted octanol–water partition coefficient (Wildman–Crippen LogP) is 8.13. The minimum Gasteiger partial charge on any atom is -0.489 e. The highest BCUT2D eigenvalue weighted by Gasteiger charge is 2.70. The van der Waals surface area contributed by atoms with Crippen LogP contribution in [0, 0.1) is 29.6 Å². The number of H-pyrrole nitrogens is 1. The molecular weight excluding hydrogens is 725 g/mol. The first-order valence-corrected chi connectivity index (χ1v) is 17.5. The van der Waals surface area contributed by atoms with Gasteiger partial charge in [-0.3, -0.25) is 19.3 Å². The summed E-state index contributed by atoms with van der Waals surface area (Å²) in [4.78, 5) is 45.3. The van der Waals surface area contributed by atoms with Crippen LogP contribution in [-0.4, -0.2) is 22.0 Å². The number of thiazole rings is 1. The van der Waals surface area contributed by atoms with Gasteiger partial charge < -0.3 is 9.72 Å². The van der Waals surface area contributed by atoms with Crippen molar-refractivity contribution in [1.29, 1.82) is 0 Å². The van der Waals surface area contributed by atoms with Crippen molar-refractivity contribution in [3.63, 3.8) is 0 Å². The molecule has 0 radical (unpaired) electrons. The maximum Gasteiger partial charge on any atom is 0.416 e. The smallest absolute Gasteiger partial charge is 0.416 e. The fraction of sp³-hybridized carbons (Fsp3) is 0.303. The van der Waals surface area contributed by atoms with Crippen LogP contribution >= 0.6 is 50.6 Å². The van der Waals surface area contributed by atoms with Crippen LogP contribution in [0.15, 0.2) is 81.0 Å². The number of imide groups is 1. The molecule has 4 aromatic rings. The molecule has 2 bridgehead atoms. The maximum atomic E-state index is 14.0. The van der Waals surface area contributed by atoms with E-state index in [1.807, 2.05) is 36.4 Å². The van der Waals surface area contributed by atoms with Crippen LogP contribution in [0.4, 0.5) is 18.9 Å². The van der Waals surface area contributed by atoms with E-state index in [2.05, 4.69) is 20.9 Å². The lowest BCUT2D eigenvalue weighted by Gasteiger charge is -2.43. The Morgan fingerprint density at radius 3 is 2.50 bits per heavy atom. The predicted molar refractivity (Wildman–Crippen MR) is 172 cm³/mol. The van der Waals surface area contributed by atoms with Crippen LogP contribution in [0.2, 0.25) is 5.02 Å². The molecule has 13 heteroatoms. The van der Waals surface area contributed by atoms with Gasteiger partial charge in [0.15, 0.2) is 0 Å². The van der Waals surface area contributed by atoms with Crippen molar-refractivity contribution in [2.75, 3.05) is 4.90 Å². The molecule has 3 heterocycles. The molecule has 6 nitrogen and oxygen atoms in total. The number of hydrogen-bond acceptors (Lipinski definition) is 6. The van der Waals surface area contributed by atoms with E-state index in [1.54, 1.807) is 17.8 Å². The third-order valence-electron chi connectivity index (χ3n) is 9.75. The van der Waals surface area contributed by atoms with Gasteiger partial charge in [-0.2, -0.15) is 13.2 Å². The molecule has 2 saturated carbocycles. The van der Waals surface area contributed by atoms with Crippen LogP contribution in [0.5, 0.6) is 5.75 Å². The number of hydrogen-bond donors (Lipinski definition) is 1. The zero-order valence-electron chi connectivity index (χ0n) is 23.6. The third kappa shape index (κ3) is 4.78. The Bertz CT molecular complexity index is 1980. The first-order valence-electron chi connectivity index (χ1n) is 14.6. The molecule has 8 rings (SSSR count). The Balaban J connectivity index is 1.19. The number of amides is 2. The molecule has 2 amide bonds. The van der Waals surface area contributed by atoms with Gasteiger partial charge in [0.2, 0.25) is 11.8 Å². The van der Waals surface area contributed by atoms with Crippen LogP contribution in [-0.2, 0) is 22.4 Å². The molecule has 4 aliphatic rings. The molecule has 2 aliphatic carbocycles. The number of benzene rings is 3. The number of nitrogens with one attached hydrogen (secondary N) is 1. The number of halogens is 5. The Kier molecular flexibility index (Phi) is 7.24. The van der Waals surface area contributed by atoms with Gasteiger partial charge in [-0.05, 0) is 78.3 Å². The van der Waals surface area contributed by atoms with Crippen molar-refractivity contribution >= 4 is 68.1 Å². The van der Waals surface area contributed by atoms with Crippen molar-refractivity contribution in [1.82, 2.24) is 4.98 Å². The molecule has 46 heavy (non-hydrogen) atoms. The molecule has 3 aromatic carbocycles. The van der Waals surface area contributed by atoms with Gasteiger partial charge in [0.25, 0.3) is 0 Å². The fourth-order valence-corrected chi connectivity index (χ4v) is 11.6. The van der Waals surface area contributed by atoms with Crippen molar-refractivity contribution in [2.24, 2.45) is 29.6 Å². The highest BCUT2D eigenvalue weighted by molar-refractivity contribution is 9.10. The normalized spacial score (nSPS) is 27.9. The minimum atomic E-state index is -4.61. The van der Waals surface area contributed by atoms with Crippen LogP contribution in [0.3, 0.4) is 0 Å². The zero-order valence-corrected chi connectivity index (χ0v) is 27.6. The molecule has 1 saturated heterocycles. The molecule has 0 unspecified atom stereocenters. The number of aromatic amines is 1. The number of ether oxygens (including phenoxy) is 1. The Morgan fingerprint density at radius 2 is 1.74 bits per heavy atom. The Hall–Kier alpha value is -3.06. The number of nitrogens with zero attached hydrogens (tertiary/aromatic N) is 1. The number of aromatic nitrogens is 1. The lowest BCUT2D eigenvalue weighted by atomic mass is 9.68. The molecule has 1 N–H and O–H groups in total. The van der Waals surface area contributed by atoms with E-state index < -0.39 is 35.4 Å². The average Bonchev–Trinajstić information content (AvgIpc) is 3.75. The van der Waals surface area contributed by atoms with Crippen molar-refractivity contribution in [3.05, 3.63) is 107 Å². The van der Waals surface area contributed by atoms with Gasteiger partial charge >= 0.3 is 11.0 Å². The van der Waals surface area contributed by atoms with E-state index in [0.29, 0.717) is 17.2 Å². The number of anilines is 1. The van der Waals surface area contributed by atoms with Gasteiger partial charge in [0.1, 0.15) is 12.4 Å². The lowest BCUT2D eigenvalue weighted by Crippen LogP contribution is -2.42. The van der Waals surface area contributed by atoms with Crippen molar-refractivity contribution in [2.45, 2.75) is 35.4 Å². The summed E-state index contributed by atoms with van der Waals surface area (Å²) in [5.41, 5.74) is 0.776. The third-order valence-corrected chi connectivity index (χ3v) is 13.1. The monoisotopic (exact) mass is 746 g/mol. The summed E-state index contributed by atoms with van der Waals surface area (Å²) < 4.78 is 47.8. The molecular formula is C33H23BrClF3N2O4S2. The molecule has 0 spiro atoms. The largest absolute Gasteiger partial charge is 0.489 e. The lowest BCUT2D eigenvalue weighted by molar-refractivity contribution is -0.137. The molecule has 1 aromatic heterocycles. The van der Waals surface area contributed by atoms with Crippen molar-refractivity contribution < 1.29 is 27.5 Å². The van der Waals surface area contributed by atoms with Gasteiger partial charge in [0, 0.05) is 31.1 Å². The number of rotatable bonds is 5.